The summed E-state index contributed by atoms with van der Waals surface area (Å²) in [6.07, 6.45) is 0. The summed E-state index contributed by atoms with van der Waals surface area (Å²) >= 11 is 7.11. The number of halogens is 1. The number of benzene rings is 1. The van der Waals surface area contributed by atoms with E-state index in [4.69, 9.17) is 11.6 Å². The number of thiophene rings is 1. The maximum absolute atomic E-state index is 12.5. The molecule has 0 amide bonds. The van der Waals surface area contributed by atoms with E-state index < -0.39 is 10.0 Å². The zero-order valence-corrected chi connectivity index (χ0v) is 12.4. The molecule has 0 saturated carbocycles. The van der Waals surface area contributed by atoms with Gasteiger partial charge in [-0.2, -0.15) is 4.31 Å². The maximum Gasteiger partial charge on any atom is 0.244 e. The second-order valence-electron chi connectivity index (χ2n) is 4.42. The first-order valence-electron chi connectivity index (χ1n) is 5.81. The molecule has 0 radical (unpaired) electrons. The monoisotopic (exact) mass is 313 g/mol. The topological polar surface area (TPSA) is 37.4 Å². The predicted molar refractivity (Wildman–Crippen MR) is 76.8 cm³/mol. The van der Waals surface area contributed by atoms with Gasteiger partial charge in [0.2, 0.25) is 10.0 Å². The van der Waals surface area contributed by atoms with Crippen molar-refractivity contribution in [2.24, 2.45) is 0 Å². The highest BCUT2D eigenvalue weighted by Gasteiger charge is 2.30. The number of fused-ring (bicyclic) bond motifs is 1. The Bertz CT molecular complexity index is 684. The third kappa shape index (κ3) is 2.31. The van der Waals surface area contributed by atoms with Crippen LogP contribution in [0.3, 0.4) is 0 Å². The molecule has 1 aliphatic heterocycles. The van der Waals surface area contributed by atoms with Crippen LogP contribution in [0, 0.1) is 0 Å². The second kappa shape index (κ2) is 4.90. The van der Waals surface area contributed by atoms with E-state index in [0.29, 0.717) is 23.9 Å². The lowest BCUT2D eigenvalue weighted by Gasteiger charge is -2.14. The van der Waals surface area contributed by atoms with Crippen LogP contribution in [0.25, 0.3) is 0 Å². The van der Waals surface area contributed by atoms with Crippen LogP contribution in [0.15, 0.2) is 40.6 Å². The van der Waals surface area contributed by atoms with Crippen molar-refractivity contribution >= 4 is 33.0 Å². The van der Waals surface area contributed by atoms with E-state index in [-0.39, 0.29) is 0 Å². The second-order valence-corrected chi connectivity index (χ2v) is 7.63. The van der Waals surface area contributed by atoms with E-state index in [1.807, 2.05) is 24.3 Å². The standard InChI is InChI=1S/C13H12ClNO2S2/c14-6-12-5-13(9-18-12)19(16,17)15-7-10-3-1-2-4-11(10)8-15/h1-5,9H,6-8H2. The third-order valence-corrected chi connectivity index (χ3v) is 6.51. The quantitative estimate of drug-likeness (QED) is 0.816. The SMILES string of the molecule is O=S(=O)(c1csc(CCl)c1)N1Cc2ccccc2C1. The van der Waals surface area contributed by atoms with Crippen LogP contribution in [0.2, 0.25) is 0 Å². The van der Waals surface area contributed by atoms with Crippen molar-refractivity contribution < 1.29 is 8.42 Å². The van der Waals surface area contributed by atoms with Gasteiger partial charge in [0, 0.05) is 23.3 Å². The van der Waals surface area contributed by atoms with Gasteiger partial charge in [-0.05, 0) is 17.2 Å². The first-order valence-corrected chi connectivity index (χ1v) is 8.67. The van der Waals surface area contributed by atoms with Crippen LogP contribution >= 0.6 is 22.9 Å². The van der Waals surface area contributed by atoms with Crippen molar-refractivity contribution in [3.05, 3.63) is 51.7 Å². The molecule has 100 valence electrons. The Balaban J connectivity index is 1.91. The first kappa shape index (κ1) is 13.1. The van der Waals surface area contributed by atoms with E-state index >= 15 is 0 Å². The average molecular weight is 314 g/mol. The van der Waals surface area contributed by atoms with Crippen molar-refractivity contribution in [1.29, 1.82) is 0 Å². The molecule has 0 unspecified atom stereocenters. The molecular weight excluding hydrogens is 302 g/mol. The molecule has 2 heterocycles. The smallest absolute Gasteiger partial charge is 0.207 e. The summed E-state index contributed by atoms with van der Waals surface area (Å²) in [5, 5.41) is 1.66. The Hall–Kier alpha value is -0.880. The molecule has 3 nitrogen and oxygen atoms in total. The molecule has 0 bridgehead atoms. The molecule has 1 aliphatic rings. The van der Waals surface area contributed by atoms with Gasteiger partial charge in [-0.1, -0.05) is 24.3 Å². The number of sulfonamides is 1. The van der Waals surface area contributed by atoms with Crippen LogP contribution in [0.4, 0.5) is 0 Å². The molecule has 0 N–H and O–H groups in total. The lowest BCUT2D eigenvalue weighted by Crippen LogP contribution is -2.25. The van der Waals surface area contributed by atoms with Crippen molar-refractivity contribution in [2.75, 3.05) is 0 Å². The first-order chi connectivity index (χ1) is 9.11. The van der Waals surface area contributed by atoms with Gasteiger partial charge in [0.25, 0.3) is 0 Å². The summed E-state index contributed by atoms with van der Waals surface area (Å²) in [7, 11) is -3.41. The molecule has 1 aromatic carbocycles. The lowest BCUT2D eigenvalue weighted by molar-refractivity contribution is 0.432. The van der Waals surface area contributed by atoms with E-state index in [2.05, 4.69) is 0 Å². The van der Waals surface area contributed by atoms with Gasteiger partial charge in [0.1, 0.15) is 0 Å². The van der Waals surface area contributed by atoms with Crippen molar-refractivity contribution in [1.82, 2.24) is 4.31 Å². The van der Waals surface area contributed by atoms with E-state index in [9.17, 15) is 8.42 Å². The van der Waals surface area contributed by atoms with Crippen LogP contribution in [0.1, 0.15) is 16.0 Å². The molecule has 0 aliphatic carbocycles. The average Bonchev–Trinajstić information content (AvgIpc) is 3.05. The number of alkyl halides is 1. The van der Waals surface area contributed by atoms with Crippen LogP contribution in [0.5, 0.6) is 0 Å². The number of hydrogen-bond acceptors (Lipinski definition) is 3. The third-order valence-electron chi connectivity index (χ3n) is 3.21. The highest BCUT2D eigenvalue weighted by molar-refractivity contribution is 7.89. The Kier molecular flexibility index (Phi) is 3.39. The molecular formula is C13H12ClNO2S2. The van der Waals surface area contributed by atoms with Crippen molar-refractivity contribution in [3.8, 4) is 0 Å². The fraction of sp³-hybridized carbons (Fsp3) is 0.231. The van der Waals surface area contributed by atoms with Gasteiger partial charge in [0.15, 0.2) is 0 Å². The molecule has 0 spiro atoms. The predicted octanol–water partition coefficient (Wildman–Crippen LogP) is 3.19. The summed E-state index contributed by atoms with van der Waals surface area (Å²) in [5.74, 6) is 0.348. The van der Waals surface area contributed by atoms with Crippen LogP contribution < -0.4 is 0 Å². The molecule has 0 saturated heterocycles. The van der Waals surface area contributed by atoms with Gasteiger partial charge in [-0.3, -0.25) is 0 Å². The minimum absolute atomic E-state index is 0.348. The van der Waals surface area contributed by atoms with E-state index in [0.717, 1.165) is 16.0 Å². The molecule has 19 heavy (non-hydrogen) atoms. The Morgan fingerprint density at radius 2 is 1.84 bits per heavy atom. The summed E-state index contributed by atoms with van der Waals surface area (Å²) < 4.78 is 26.6. The summed E-state index contributed by atoms with van der Waals surface area (Å²) in [5.41, 5.74) is 2.16. The number of rotatable bonds is 3. The Labute approximate surface area is 121 Å². The fourth-order valence-electron chi connectivity index (χ4n) is 2.19. The number of hydrogen-bond donors (Lipinski definition) is 0. The zero-order chi connectivity index (χ0) is 13.5. The molecule has 0 atom stereocenters. The van der Waals surface area contributed by atoms with E-state index in [1.54, 1.807) is 11.4 Å². The Morgan fingerprint density at radius 1 is 1.21 bits per heavy atom. The van der Waals surface area contributed by atoms with Gasteiger partial charge in [-0.25, -0.2) is 8.42 Å². The fourth-order valence-corrected chi connectivity index (χ4v) is 4.96. The lowest BCUT2D eigenvalue weighted by atomic mass is 10.1. The highest BCUT2D eigenvalue weighted by Crippen LogP contribution is 2.30. The molecule has 1 aromatic heterocycles. The van der Waals surface area contributed by atoms with Gasteiger partial charge >= 0.3 is 0 Å². The van der Waals surface area contributed by atoms with Gasteiger partial charge < -0.3 is 0 Å². The summed E-state index contributed by atoms with van der Waals surface area (Å²) in [4.78, 5) is 1.22. The normalized spacial score (nSPS) is 15.6. The minimum atomic E-state index is -3.41. The Morgan fingerprint density at radius 3 is 2.37 bits per heavy atom. The highest BCUT2D eigenvalue weighted by atomic mass is 35.5. The van der Waals surface area contributed by atoms with Crippen molar-refractivity contribution in [2.45, 2.75) is 23.9 Å². The summed E-state index contributed by atoms with van der Waals surface area (Å²) in [6, 6.07) is 9.48. The van der Waals surface area contributed by atoms with Crippen molar-refractivity contribution in [3.63, 3.8) is 0 Å². The zero-order valence-electron chi connectivity index (χ0n) is 10.0. The van der Waals surface area contributed by atoms with Crippen LogP contribution in [-0.4, -0.2) is 12.7 Å². The van der Waals surface area contributed by atoms with Crippen LogP contribution in [-0.2, 0) is 29.0 Å². The molecule has 6 heteroatoms. The molecule has 0 fully saturated rings. The number of nitrogens with zero attached hydrogens (tertiary/aromatic N) is 1. The molecule has 3 rings (SSSR count). The van der Waals surface area contributed by atoms with Gasteiger partial charge in [0.05, 0.1) is 10.8 Å². The van der Waals surface area contributed by atoms with E-state index in [1.165, 1.54) is 15.6 Å². The minimum Gasteiger partial charge on any atom is -0.207 e. The maximum atomic E-state index is 12.5. The van der Waals surface area contributed by atoms with Gasteiger partial charge in [-0.15, -0.1) is 22.9 Å². The summed E-state index contributed by atoms with van der Waals surface area (Å²) in [6.45, 7) is 0.898. The largest absolute Gasteiger partial charge is 0.244 e. The molecule has 2 aromatic rings.